The standard InChI is InChI=1S/C48H48F2N8O4/c1-7-39(59)57-25-20-47(27-57,41-31(5)29(3)9-13-35(41)49)53-38-16-12-33-18-23-56(46(62)44(33)52-38)24-19-34-30(4)10-14-36(50)42(34)48(21-26-58(28-48)40(60)8-2)54-37-15-11-32-17-22-55(6)45(61)43(32)51-37/h7-18,22-23H,1-2,19-21,24-28H2,3-6H3,(H,51,54)(H,52,53)/t47-,48+/m1/s1. The first-order chi connectivity index (χ1) is 29.7. The van der Waals surface area contributed by atoms with Crippen LogP contribution in [0.1, 0.15) is 46.2 Å². The normalized spacial score (nSPS) is 18.7. The second-order valence-electron chi connectivity index (χ2n) is 16.5. The molecule has 0 bridgehead atoms. The van der Waals surface area contributed by atoms with Crippen molar-refractivity contribution in [1.29, 1.82) is 0 Å². The number of nitrogens with zero attached hydrogens (tertiary/aromatic N) is 6. The third-order valence-electron chi connectivity index (χ3n) is 12.7. The molecule has 4 aromatic heterocycles. The van der Waals surface area contributed by atoms with Crippen molar-refractivity contribution in [2.45, 2.75) is 57.7 Å². The number of amides is 2. The van der Waals surface area contributed by atoms with Crippen LogP contribution in [-0.4, -0.2) is 66.9 Å². The highest BCUT2D eigenvalue weighted by Crippen LogP contribution is 2.42. The molecule has 0 saturated carbocycles. The maximum Gasteiger partial charge on any atom is 0.277 e. The summed E-state index contributed by atoms with van der Waals surface area (Å²) < 4.78 is 35.4. The molecule has 6 heterocycles. The van der Waals surface area contributed by atoms with Crippen molar-refractivity contribution in [2.75, 3.05) is 36.8 Å². The average molecular weight is 839 g/mol. The quantitative estimate of drug-likeness (QED) is 0.141. The largest absolute Gasteiger partial charge is 0.359 e. The zero-order valence-corrected chi connectivity index (χ0v) is 35.2. The molecular weight excluding hydrogens is 791 g/mol. The summed E-state index contributed by atoms with van der Waals surface area (Å²) in [4.78, 5) is 65.8. The lowest BCUT2D eigenvalue weighted by atomic mass is 9.82. The van der Waals surface area contributed by atoms with Gasteiger partial charge < -0.3 is 29.6 Å². The SMILES string of the molecule is C=CC(=O)N1CC[C@](Nc2ccc3ccn(CCc4c(C)ccc(F)c4[C@]4(Nc5ccc6ccn(C)c(=O)c6n5)CCN(C(=O)C=C)C4)c(=O)c3n2)(c2c(F)ccc(C)c2C)C1. The number of nitrogens with one attached hydrogen (secondary N) is 2. The number of hydrogen-bond acceptors (Lipinski definition) is 8. The van der Waals surface area contributed by atoms with E-state index < -0.39 is 22.7 Å². The highest BCUT2D eigenvalue weighted by atomic mass is 19.1. The maximum absolute atomic E-state index is 16.6. The van der Waals surface area contributed by atoms with Gasteiger partial charge in [-0.05, 0) is 123 Å². The minimum atomic E-state index is -1.15. The van der Waals surface area contributed by atoms with E-state index in [1.807, 2.05) is 20.8 Å². The van der Waals surface area contributed by atoms with Crippen LogP contribution in [0, 0.1) is 32.4 Å². The number of aromatic nitrogens is 4. The summed E-state index contributed by atoms with van der Waals surface area (Å²) in [5.41, 5.74) is 1.49. The summed E-state index contributed by atoms with van der Waals surface area (Å²) in [5, 5.41) is 8.18. The third kappa shape index (κ3) is 7.32. The fourth-order valence-electron chi connectivity index (χ4n) is 9.31. The van der Waals surface area contributed by atoms with Gasteiger partial charge in [-0.15, -0.1) is 0 Å². The monoisotopic (exact) mass is 838 g/mol. The molecule has 8 rings (SSSR count). The van der Waals surface area contributed by atoms with Crippen molar-refractivity contribution < 1.29 is 18.4 Å². The molecule has 2 atom stereocenters. The molecule has 2 fully saturated rings. The van der Waals surface area contributed by atoms with Crippen LogP contribution in [0.4, 0.5) is 20.4 Å². The van der Waals surface area contributed by atoms with Crippen LogP contribution in [0.2, 0.25) is 0 Å². The zero-order valence-electron chi connectivity index (χ0n) is 35.2. The number of carbonyl (C=O) groups is 2. The lowest BCUT2D eigenvalue weighted by molar-refractivity contribution is -0.125. The fraction of sp³-hybridized carbons (Fsp3) is 0.292. The molecule has 14 heteroatoms. The van der Waals surface area contributed by atoms with Crippen LogP contribution >= 0.6 is 0 Å². The molecule has 62 heavy (non-hydrogen) atoms. The van der Waals surface area contributed by atoms with Gasteiger partial charge in [0.1, 0.15) is 34.3 Å². The van der Waals surface area contributed by atoms with E-state index >= 15 is 8.78 Å². The Kier molecular flexibility index (Phi) is 10.9. The summed E-state index contributed by atoms with van der Waals surface area (Å²) in [6.45, 7) is 14.1. The number of benzene rings is 2. The second-order valence-corrected chi connectivity index (χ2v) is 16.5. The van der Waals surface area contributed by atoms with Crippen molar-refractivity contribution >= 4 is 45.3 Å². The predicted molar refractivity (Wildman–Crippen MR) is 237 cm³/mol. The van der Waals surface area contributed by atoms with E-state index in [1.165, 1.54) is 33.4 Å². The van der Waals surface area contributed by atoms with Crippen molar-refractivity contribution in [3.05, 3.63) is 164 Å². The smallest absolute Gasteiger partial charge is 0.277 e. The van der Waals surface area contributed by atoms with Gasteiger partial charge in [-0.3, -0.25) is 19.2 Å². The zero-order chi connectivity index (χ0) is 44.1. The molecule has 6 aromatic rings. The van der Waals surface area contributed by atoms with Gasteiger partial charge in [-0.1, -0.05) is 25.3 Å². The Hall–Kier alpha value is -6.96. The highest BCUT2D eigenvalue weighted by molar-refractivity contribution is 5.88. The molecule has 2 saturated heterocycles. The topological polar surface area (TPSA) is 134 Å². The Balaban J connectivity index is 1.15. The van der Waals surface area contributed by atoms with Crippen molar-refractivity contribution in [1.82, 2.24) is 28.9 Å². The molecule has 0 aliphatic carbocycles. The lowest BCUT2D eigenvalue weighted by Gasteiger charge is -2.34. The summed E-state index contributed by atoms with van der Waals surface area (Å²) >= 11 is 0. The van der Waals surface area contributed by atoms with E-state index in [9.17, 15) is 19.2 Å². The summed E-state index contributed by atoms with van der Waals surface area (Å²) in [6, 6.07) is 16.9. The number of rotatable bonds is 11. The summed E-state index contributed by atoms with van der Waals surface area (Å²) in [5.74, 6) is -0.760. The first-order valence-corrected chi connectivity index (χ1v) is 20.6. The number of pyridine rings is 4. The third-order valence-corrected chi connectivity index (χ3v) is 12.7. The fourth-order valence-corrected chi connectivity index (χ4v) is 9.31. The number of anilines is 2. The van der Waals surface area contributed by atoms with Crippen LogP contribution in [0.5, 0.6) is 0 Å². The molecule has 2 amide bonds. The Bertz CT molecular complexity index is 2960. The van der Waals surface area contributed by atoms with Gasteiger partial charge in [0, 0.05) is 74.1 Å². The van der Waals surface area contributed by atoms with Crippen molar-refractivity contribution in [2.24, 2.45) is 7.05 Å². The molecule has 318 valence electrons. The molecule has 0 spiro atoms. The van der Waals surface area contributed by atoms with Crippen LogP contribution in [0.15, 0.2) is 108 Å². The van der Waals surface area contributed by atoms with E-state index in [0.717, 1.165) is 16.7 Å². The number of fused-ring (bicyclic) bond motifs is 2. The van der Waals surface area contributed by atoms with Crippen molar-refractivity contribution in [3.63, 3.8) is 0 Å². The molecule has 2 aliphatic rings. The number of aryl methyl sites for hydroxylation is 4. The Morgan fingerprint density at radius 1 is 0.710 bits per heavy atom. The lowest BCUT2D eigenvalue weighted by Crippen LogP contribution is -2.42. The van der Waals surface area contributed by atoms with Gasteiger partial charge in [-0.25, -0.2) is 18.7 Å². The van der Waals surface area contributed by atoms with Gasteiger partial charge in [0.15, 0.2) is 0 Å². The van der Waals surface area contributed by atoms with Crippen molar-refractivity contribution in [3.8, 4) is 0 Å². The van der Waals surface area contributed by atoms with E-state index in [0.29, 0.717) is 65.0 Å². The van der Waals surface area contributed by atoms with Gasteiger partial charge in [-0.2, -0.15) is 0 Å². The first-order valence-electron chi connectivity index (χ1n) is 20.6. The molecule has 12 nitrogen and oxygen atoms in total. The average Bonchev–Trinajstić information content (AvgIpc) is 3.90. The number of hydrogen-bond donors (Lipinski definition) is 2. The molecule has 0 unspecified atom stereocenters. The maximum atomic E-state index is 16.6. The van der Waals surface area contributed by atoms with Gasteiger partial charge in [0.05, 0.1) is 11.1 Å². The van der Waals surface area contributed by atoms with E-state index in [1.54, 1.807) is 77.8 Å². The van der Waals surface area contributed by atoms with Gasteiger partial charge in [0.25, 0.3) is 11.1 Å². The summed E-state index contributed by atoms with van der Waals surface area (Å²) in [7, 11) is 1.64. The predicted octanol–water partition coefficient (Wildman–Crippen LogP) is 6.54. The number of carbonyl (C=O) groups excluding carboxylic acids is 2. The Morgan fingerprint density at radius 3 is 1.81 bits per heavy atom. The van der Waals surface area contributed by atoms with Gasteiger partial charge >= 0.3 is 0 Å². The summed E-state index contributed by atoms with van der Waals surface area (Å²) in [6.07, 6.45) is 6.80. The Morgan fingerprint density at radius 2 is 1.23 bits per heavy atom. The molecule has 2 aromatic carbocycles. The second kappa shape index (κ2) is 16.1. The van der Waals surface area contributed by atoms with E-state index in [4.69, 9.17) is 4.98 Å². The van der Waals surface area contributed by atoms with E-state index in [2.05, 4.69) is 28.8 Å². The highest BCUT2D eigenvalue weighted by Gasteiger charge is 2.46. The first kappa shape index (κ1) is 41.8. The van der Waals surface area contributed by atoms with Crippen LogP contribution in [0.3, 0.4) is 0 Å². The van der Waals surface area contributed by atoms with Crippen LogP contribution in [-0.2, 0) is 40.7 Å². The number of halogens is 2. The van der Waals surface area contributed by atoms with Crippen LogP contribution in [0.25, 0.3) is 21.8 Å². The molecule has 2 aliphatic heterocycles. The molecule has 2 N–H and O–H groups in total. The van der Waals surface area contributed by atoms with Crippen LogP contribution < -0.4 is 21.8 Å². The molecule has 0 radical (unpaired) electrons. The van der Waals surface area contributed by atoms with E-state index in [-0.39, 0.29) is 60.0 Å². The number of likely N-dealkylation sites (tertiary alicyclic amines) is 2. The van der Waals surface area contributed by atoms with Gasteiger partial charge in [0.2, 0.25) is 11.8 Å². The minimum absolute atomic E-state index is 0.0976. The minimum Gasteiger partial charge on any atom is -0.359 e. The molecular formula is C48H48F2N8O4. The Labute approximate surface area is 357 Å².